The van der Waals surface area contributed by atoms with Crippen LogP contribution in [0.4, 0.5) is 13.2 Å². The molecule has 0 radical (unpaired) electrons. The molecule has 3 unspecified atom stereocenters. The second-order valence-corrected chi connectivity index (χ2v) is 5.92. The van der Waals surface area contributed by atoms with Gasteiger partial charge in [0.15, 0.2) is 0 Å². The molecule has 0 heterocycles. The molecule has 20 heavy (non-hydrogen) atoms. The molecule has 0 amide bonds. The standard InChI is InChI=1S/C15H15F3O2/c16-15(17,18)10-5-3-9(4-6-10)8-14-7-1-2-11(14)12(14)13(19)20/h3-6,11-12H,1-2,7-8H2,(H,19,20). The van der Waals surface area contributed by atoms with E-state index in [0.717, 1.165) is 37.0 Å². The molecule has 2 saturated carbocycles. The summed E-state index contributed by atoms with van der Waals surface area (Å²) in [6, 6.07) is 5.11. The van der Waals surface area contributed by atoms with Gasteiger partial charge in [-0.1, -0.05) is 18.6 Å². The summed E-state index contributed by atoms with van der Waals surface area (Å²) < 4.78 is 37.5. The lowest BCUT2D eigenvalue weighted by molar-refractivity contribution is -0.140. The zero-order chi connectivity index (χ0) is 14.5. The number of aliphatic carboxylic acids is 1. The predicted octanol–water partition coefficient (Wildman–Crippen LogP) is 3.75. The van der Waals surface area contributed by atoms with Gasteiger partial charge in [-0.3, -0.25) is 4.79 Å². The van der Waals surface area contributed by atoms with E-state index in [1.807, 2.05) is 0 Å². The van der Waals surface area contributed by atoms with E-state index in [4.69, 9.17) is 0 Å². The highest BCUT2D eigenvalue weighted by Crippen LogP contribution is 2.69. The van der Waals surface area contributed by atoms with Crippen LogP contribution in [-0.4, -0.2) is 11.1 Å². The fraction of sp³-hybridized carbons (Fsp3) is 0.533. The second-order valence-electron chi connectivity index (χ2n) is 5.92. The molecular formula is C15H15F3O2. The number of fused-ring (bicyclic) bond motifs is 1. The highest BCUT2D eigenvalue weighted by Gasteiger charge is 2.69. The molecule has 0 saturated heterocycles. The minimum Gasteiger partial charge on any atom is -0.481 e. The van der Waals surface area contributed by atoms with E-state index in [-0.39, 0.29) is 17.3 Å². The Kier molecular flexibility index (Phi) is 2.85. The molecule has 2 fully saturated rings. The van der Waals surface area contributed by atoms with Crippen molar-refractivity contribution in [3.63, 3.8) is 0 Å². The maximum absolute atomic E-state index is 12.5. The summed E-state index contributed by atoms with van der Waals surface area (Å²) in [5.41, 5.74) is -0.0630. The normalized spacial score (nSPS) is 31.9. The minimum absolute atomic E-state index is 0.203. The van der Waals surface area contributed by atoms with Crippen LogP contribution >= 0.6 is 0 Å². The van der Waals surface area contributed by atoms with E-state index >= 15 is 0 Å². The number of hydrogen-bond donors (Lipinski definition) is 1. The Morgan fingerprint density at radius 1 is 1.30 bits per heavy atom. The lowest BCUT2D eigenvalue weighted by Gasteiger charge is -2.14. The Labute approximate surface area is 114 Å². The van der Waals surface area contributed by atoms with Gasteiger partial charge >= 0.3 is 12.1 Å². The van der Waals surface area contributed by atoms with E-state index in [1.54, 1.807) is 0 Å². The molecule has 0 aliphatic heterocycles. The monoisotopic (exact) mass is 284 g/mol. The molecule has 2 nitrogen and oxygen atoms in total. The number of halogens is 3. The first kappa shape index (κ1) is 13.5. The molecule has 3 rings (SSSR count). The van der Waals surface area contributed by atoms with Crippen LogP contribution in [0.15, 0.2) is 24.3 Å². The van der Waals surface area contributed by atoms with Crippen LogP contribution in [0.1, 0.15) is 30.4 Å². The first-order valence-corrected chi connectivity index (χ1v) is 6.73. The van der Waals surface area contributed by atoms with E-state index in [1.165, 1.54) is 12.1 Å². The van der Waals surface area contributed by atoms with Crippen LogP contribution in [0.5, 0.6) is 0 Å². The first-order chi connectivity index (χ1) is 9.34. The zero-order valence-corrected chi connectivity index (χ0v) is 10.8. The Bertz CT molecular complexity index is 535. The lowest BCUT2D eigenvalue weighted by Crippen LogP contribution is -2.13. The predicted molar refractivity (Wildman–Crippen MR) is 66.0 cm³/mol. The van der Waals surface area contributed by atoms with Crippen molar-refractivity contribution in [1.82, 2.24) is 0 Å². The average molecular weight is 284 g/mol. The summed E-state index contributed by atoms with van der Waals surface area (Å²) in [5, 5.41) is 9.20. The molecule has 5 heteroatoms. The number of benzene rings is 1. The number of rotatable bonds is 3. The Morgan fingerprint density at radius 3 is 2.45 bits per heavy atom. The molecule has 0 spiro atoms. The third kappa shape index (κ3) is 2.00. The molecular weight excluding hydrogens is 269 g/mol. The average Bonchev–Trinajstić information content (AvgIpc) is 2.78. The molecule has 3 atom stereocenters. The van der Waals surface area contributed by atoms with Gasteiger partial charge in [0.1, 0.15) is 0 Å². The molecule has 1 N–H and O–H groups in total. The van der Waals surface area contributed by atoms with E-state index in [9.17, 15) is 23.1 Å². The maximum atomic E-state index is 12.5. The fourth-order valence-electron chi connectivity index (χ4n) is 3.96. The number of carbonyl (C=O) groups is 1. The van der Waals surface area contributed by atoms with Crippen LogP contribution in [0.3, 0.4) is 0 Å². The van der Waals surface area contributed by atoms with Crippen molar-refractivity contribution in [1.29, 1.82) is 0 Å². The lowest BCUT2D eigenvalue weighted by atomic mass is 9.91. The smallest absolute Gasteiger partial charge is 0.416 e. The molecule has 0 bridgehead atoms. The minimum atomic E-state index is -4.32. The van der Waals surface area contributed by atoms with Gasteiger partial charge in [0.25, 0.3) is 0 Å². The zero-order valence-electron chi connectivity index (χ0n) is 10.8. The van der Waals surface area contributed by atoms with Gasteiger partial charge < -0.3 is 5.11 Å². The van der Waals surface area contributed by atoms with Gasteiger partial charge in [0.2, 0.25) is 0 Å². The molecule has 1 aromatic rings. The van der Waals surface area contributed by atoms with Crippen LogP contribution in [0.25, 0.3) is 0 Å². The van der Waals surface area contributed by atoms with Gasteiger partial charge in [0.05, 0.1) is 11.5 Å². The van der Waals surface area contributed by atoms with E-state index in [0.29, 0.717) is 6.42 Å². The van der Waals surface area contributed by atoms with Crippen molar-refractivity contribution in [3.8, 4) is 0 Å². The Morgan fingerprint density at radius 2 is 1.95 bits per heavy atom. The Hall–Kier alpha value is -1.52. The topological polar surface area (TPSA) is 37.3 Å². The fourth-order valence-corrected chi connectivity index (χ4v) is 3.96. The van der Waals surface area contributed by atoms with Crippen LogP contribution in [0, 0.1) is 17.3 Å². The molecule has 1 aromatic carbocycles. The van der Waals surface area contributed by atoms with Crippen LogP contribution in [0.2, 0.25) is 0 Å². The number of alkyl halides is 3. The summed E-state index contributed by atoms with van der Waals surface area (Å²) >= 11 is 0. The van der Waals surface area contributed by atoms with Crippen LogP contribution < -0.4 is 0 Å². The van der Waals surface area contributed by atoms with E-state index in [2.05, 4.69) is 0 Å². The maximum Gasteiger partial charge on any atom is 0.416 e. The van der Waals surface area contributed by atoms with Crippen molar-refractivity contribution in [2.45, 2.75) is 31.9 Å². The molecule has 108 valence electrons. The number of carboxylic acids is 1. The van der Waals surface area contributed by atoms with Gasteiger partial charge in [-0.25, -0.2) is 0 Å². The molecule has 0 aromatic heterocycles. The molecule has 2 aliphatic carbocycles. The summed E-state index contributed by atoms with van der Waals surface area (Å²) in [6.07, 6.45) is -0.926. The van der Waals surface area contributed by atoms with Crippen molar-refractivity contribution in [2.24, 2.45) is 17.3 Å². The third-order valence-corrected chi connectivity index (χ3v) is 4.89. The number of carboxylic acid groups (broad SMARTS) is 1. The van der Waals surface area contributed by atoms with Crippen molar-refractivity contribution in [2.75, 3.05) is 0 Å². The quantitative estimate of drug-likeness (QED) is 0.917. The van der Waals surface area contributed by atoms with Gasteiger partial charge in [0, 0.05) is 0 Å². The second kappa shape index (κ2) is 4.24. The SMILES string of the molecule is O=C(O)C1C2CCCC21Cc1ccc(C(F)(F)F)cc1. The summed E-state index contributed by atoms with van der Waals surface area (Å²) in [5.74, 6) is -0.859. The van der Waals surface area contributed by atoms with Crippen molar-refractivity contribution >= 4 is 5.97 Å². The first-order valence-electron chi connectivity index (χ1n) is 6.73. The highest BCUT2D eigenvalue weighted by molar-refractivity contribution is 5.76. The molecule has 2 aliphatic rings. The van der Waals surface area contributed by atoms with Gasteiger partial charge in [-0.2, -0.15) is 13.2 Å². The summed E-state index contributed by atoms with van der Waals surface area (Å²) in [7, 11) is 0. The van der Waals surface area contributed by atoms with Crippen molar-refractivity contribution in [3.05, 3.63) is 35.4 Å². The van der Waals surface area contributed by atoms with E-state index < -0.39 is 17.7 Å². The van der Waals surface area contributed by atoms with Crippen LogP contribution in [-0.2, 0) is 17.4 Å². The number of hydrogen-bond acceptors (Lipinski definition) is 1. The third-order valence-electron chi connectivity index (χ3n) is 4.89. The largest absolute Gasteiger partial charge is 0.481 e. The highest BCUT2D eigenvalue weighted by atomic mass is 19.4. The van der Waals surface area contributed by atoms with Crippen molar-refractivity contribution < 1.29 is 23.1 Å². The van der Waals surface area contributed by atoms with Gasteiger partial charge in [-0.05, 0) is 48.3 Å². The summed E-state index contributed by atoms with van der Waals surface area (Å²) in [4.78, 5) is 11.2. The summed E-state index contributed by atoms with van der Waals surface area (Å²) in [6.45, 7) is 0. The van der Waals surface area contributed by atoms with Gasteiger partial charge in [-0.15, -0.1) is 0 Å². The Balaban J connectivity index is 1.77.